The molecule has 1 aliphatic heterocycles. The summed E-state index contributed by atoms with van der Waals surface area (Å²) in [4.78, 5) is 29.9. The second-order valence-electron chi connectivity index (χ2n) is 5.45. The van der Waals surface area contributed by atoms with Crippen LogP contribution in [0.5, 0.6) is 0 Å². The maximum absolute atomic E-state index is 12.6. The molecule has 2 unspecified atom stereocenters. The topological polar surface area (TPSA) is 78.0 Å². The minimum Gasteiger partial charge on any atom is -0.467 e. The first-order chi connectivity index (χ1) is 12.2. The Morgan fingerprint density at radius 3 is 2.60 bits per heavy atom. The molecule has 0 spiro atoms. The zero-order valence-corrected chi connectivity index (χ0v) is 13.7. The van der Waals surface area contributed by atoms with E-state index in [1.165, 1.54) is 12.0 Å². The van der Waals surface area contributed by atoms with Gasteiger partial charge in [0.1, 0.15) is 6.61 Å². The van der Waals surface area contributed by atoms with Gasteiger partial charge in [0.05, 0.1) is 13.7 Å². The van der Waals surface area contributed by atoms with Gasteiger partial charge in [-0.25, -0.2) is 9.59 Å². The van der Waals surface area contributed by atoms with E-state index in [4.69, 9.17) is 14.2 Å². The Hall–Kier alpha value is -2.93. The maximum Gasteiger partial charge on any atom is 0.413 e. The molecule has 2 heterocycles. The van der Waals surface area contributed by atoms with E-state index in [9.17, 15) is 9.59 Å². The molecule has 2 atom stereocenters. The molecule has 130 valence electrons. The largest absolute Gasteiger partial charge is 0.467 e. The summed E-state index contributed by atoms with van der Waals surface area (Å²) in [5.74, 6) is -0.548. The van der Waals surface area contributed by atoms with Gasteiger partial charge in [-0.05, 0) is 17.7 Å². The van der Waals surface area contributed by atoms with Gasteiger partial charge in [0, 0.05) is 18.0 Å². The highest BCUT2D eigenvalue weighted by Crippen LogP contribution is 2.31. The van der Waals surface area contributed by atoms with Gasteiger partial charge in [0.15, 0.2) is 12.3 Å². The summed E-state index contributed by atoms with van der Waals surface area (Å²) in [6.07, 6.45) is 1.82. The maximum atomic E-state index is 12.6. The Morgan fingerprint density at radius 1 is 1.20 bits per heavy atom. The quantitative estimate of drug-likeness (QED) is 0.794. The van der Waals surface area contributed by atoms with Gasteiger partial charge in [0.2, 0.25) is 0 Å². The molecule has 0 aliphatic carbocycles. The fourth-order valence-corrected chi connectivity index (χ4v) is 2.63. The molecule has 0 N–H and O–H groups in total. The zero-order chi connectivity index (χ0) is 17.6. The molecule has 0 saturated carbocycles. The Kier molecular flexibility index (Phi) is 5.25. The second kappa shape index (κ2) is 7.76. The van der Waals surface area contributed by atoms with E-state index in [1.54, 1.807) is 24.5 Å². The number of amides is 1. The minimum absolute atomic E-state index is 0.0418. The summed E-state index contributed by atoms with van der Waals surface area (Å²) in [5, 5.41) is 0. The molecule has 1 saturated heterocycles. The lowest BCUT2D eigenvalue weighted by Crippen LogP contribution is -2.43. The van der Waals surface area contributed by atoms with Crippen LogP contribution in [0.3, 0.4) is 0 Å². The third kappa shape index (κ3) is 3.77. The SMILES string of the molecule is COC(=O)C1COC(c2ccncc2)N1C(=O)OCc1ccccc1. The Morgan fingerprint density at radius 2 is 1.92 bits per heavy atom. The van der Waals surface area contributed by atoms with Crippen molar-refractivity contribution in [3.63, 3.8) is 0 Å². The predicted octanol–water partition coefficient (Wildman–Crippen LogP) is 2.29. The molecule has 0 bridgehead atoms. The number of benzene rings is 1. The Balaban J connectivity index is 1.78. The lowest BCUT2D eigenvalue weighted by atomic mass is 10.2. The average molecular weight is 342 g/mol. The van der Waals surface area contributed by atoms with Crippen LogP contribution in [0.1, 0.15) is 17.4 Å². The number of esters is 1. The normalized spacial score (nSPS) is 19.5. The number of pyridine rings is 1. The third-order valence-electron chi connectivity index (χ3n) is 3.88. The van der Waals surface area contributed by atoms with Crippen LogP contribution in [0, 0.1) is 0 Å². The summed E-state index contributed by atoms with van der Waals surface area (Å²) in [6, 6.07) is 11.9. The van der Waals surface area contributed by atoms with E-state index < -0.39 is 24.3 Å². The molecular weight excluding hydrogens is 324 g/mol. The number of carbonyl (C=O) groups excluding carboxylic acids is 2. The van der Waals surface area contributed by atoms with E-state index in [1.807, 2.05) is 30.3 Å². The lowest BCUT2D eigenvalue weighted by Gasteiger charge is -2.26. The number of hydrogen-bond acceptors (Lipinski definition) is 6. The van der Waals surface area contributed by atoms with Gasteiger partial charge >= 0.3 is 12.1 Å². The highest BCUT2D eigenvalue weighted by Gasteiger charge is 2.44. The first-order valence-corrected chi connectivity index (χ1v) is 7.79. The zero-order valence-electron chi connectivity index (χ0n) is 13.7. The van der Waals surface area contributed by atoms with Crippen LogP contribution in [0.4, 0.5) is 4.79 Å². The molecule has 7 heteroatoms. The molecule has 25 heavy (non-hydrogen) atoms. The van der Waals surface area contributed by atoms with Crippen molar-refractivity contribution < 1.29 is 23.8 Å². The Labute approximate surface area is 145 Å². The molecule has 7 nitrogen and oxygen atoms in total. The van der Waals surface area contributed by atoms with Crippen molar-refractivity contribution in [1.29, 1.82) is 0 Å². The fraction of sp³-hybridized carbons (Fsp3) is 0.278. The molecular formula is C18H18N2O5. The van der Waals surface area contributed by atoms with Crippen molar-refractivity contribution in [2.75, 3.05) is 13.7 Å². The van der Waals surface area contributed by atoms with Gasteiger partial charge < -0.3 is 14.2 Å². The number of rotatable bonds is 4. The molecule has 1 aromatic carbocycles. The van der Waals surface area contributed by atoms with E-state index >= 15 is 0 Å². The number of nitrogens with zero attached hydrogens (tertiary/aromatic N) is 2. The highest BCUT2D eigenvalue weighted by molar-refractivity contribution is 5.82. The molecule has 1 aromatic heterocycles. The predicted molar refractivity (Wildman–Crippen MR) is 87.2 cm³/mol. The smallest absolute Gasteiger partial charge is 0.413 e. The van der Waals surface area contributed by atoms with Gasteiger partial charge in [-0.3, -0.25) is 9.88 Å². The lowest BCUT2D eigenvalue weighted by molar-refractivity contribution is -0.145. The molecule has 3 rings (SSSR count). The van der Waals surface area contributed by atoms with Crippen LogP contribution in [-0.2, 0) is 25.6 Å². The van der Waals surface area contributed by atoms with Gasteiger partial charge in [0.25, 0.3) is 0 Å². The number of hydrogen-bond donors (Lipinski definition) is 0. The first-order valence-electron chi connectivity index (χ1n) is 7.79. The summed E-state index contributed by atoms with van der Waals surface area (Å²) in [5.41, 5.74) is 1.56. The van der Waals surface area contributed by atoms with Crippen molar-refractivity contribution in [2.45, 2.75) is 18.9 Å². The molecule has 1 fully saturated rings. The number of methoxy groups -OCH3 is 1. The number of ether oxygens (including phenoxy) is 3. The molecule has 1 amide bonds. The minimum atomic E-state index is -0.855. The summed E-state index contributed by atoms with van der Waals surface area (Å²) >= 11 is 0. The number of aromatic nitrogens is 1. The van der Waals surface area contributed by atoms with Crippen molar-refractivity contribution in [3.05, 3.63) is 66.0 Å². The number of carbonyl (C=O) groups is 2. The van der Waals surface area contributed by atoms with Crippen molar-refractivity contribution >= 4 is 12.1 Å². The summed E-state index contributed by atoms with van der Waals surface area (Å²) < 4.78 is 15.8. The average Bonchev–Trinajstić information content (AvgIpc) is 3.12. The summed E-state index contributed by atoms with van der Waals surface area (Å²) in [7, 11) is 1.27. The van der Waals surface area contributed by atoms with Crippen LogP contribution in [0.2, 0.25) is 0 Å². The molecule has 1 aliphatic rings. The monoisotopic (exact) mass is 342 g/mol. The van der Waals surface area contributed by atoms with Crippen LogP contribution in [-0.4, -0.2) is 41.7 Å². The van der Waals surface area contributed by atoms with Crippen LogP contribution < -0.4 is 0 Å². The molecule has 0 radical (unpaired) electrons. The highest BCUT2D eigenvalue weighted by atomic mass is 16.6. The van der Waals surface area contributed by atoms with E-state index in [-0.39, 0.29) is 13.2 Å². The van der Waals surface area contributed by atoms with E-state index in [0.29, 0.717) is 5.56 Å². The van der Waals surface area contributed by atoms with Crippen LogP contribution in [0.25, 0.3) is 0 Å². The molecule has 2 aromatic rings. The first kappa shape index (κ1) is 16.9. The van der Waals surface area contributed by atoms with Crippen molar-refractivity contribution in [1.82, 2.24) is 9.88 Å². The van der Waals surface area contributed by atoms with Crippen molar-refractivity contribution in [3.8, 4) is 0 Å². The summed E-state index contributed by atoms with van der Waals surface area (Å²) in [6.45, 7) is 0.146. The standard InChI is InChI=1S/C18H18N2O5/c1-23-17(21)15-12-24-16(14-7-9-19-10-8-14)20(15)18(22)25-11-13-5-3-2-4-6-13/h2-10,15-16H,11-12H2,1H3. The van der Waals surface area contributed by atoms with Crippen LogP contribution in [0.15, 0.2) is 54.9 Å². The van der Waals surface area contributed by atoms with E-state index in [2.05, 4.69) is 4.98 Å². The van der Waals surface area contributed by atoms with E-state index in [0.717, 1.165) is 5.56 Å². The second-order valence-corrected chi connectivity index (χ2v) is 5.45. The van der Waals surface area contributed by atoms with Crippen LogP contribution >= 0.6 is 0 Å². The van der Waals surface area contributed by atoms with Gasteiger partial charge in [-0.2, -0.15) is 0 Å². The van der Waals surface area contributed by atoms with Crippen molar-refractivity contribution in [2.24, 2.45) is 0 Å². The Bertz CT molecular complexity index is 723. The van der Waals surface area contributed by atoms with Gasteiger partial charge in [-0.15, -0.1) is 0 Å². The van der Waals surface area contributed by atoms with Gasteiger partial charge in [-0.1, -0.05) is 30.3 Å². The third-order valence-corrected chi connectivity index (χ3v) is 3.88. The fourth-order valence-electron chi connectivity index (χ4n) is 2.63.